The van der Waals surface area contributed by atoms with Crippen molar-refractivity contribution < 1.29 is 24.6 Å². The molecular formula is C27H33NO5. The first-order valence-electron chi connectivity index (χ1n) is 11.7. The van der Waals surface area contributed by atoms with E-state index in [1.165, 1.54) is 18.1 Å². The number of hydrogen-bond donors (Lipinski definition) is 3. The number of amides is 1. The molecule has 2 aliphatic rings. The summed E-state index contributed by atoms with van der Waals surface area (Å²) >= 11 is 0. The van der Waals surface area contributed by atoms with Gasteiger partial charge in [0.25, 0.3) is 0 Å². The molecule has 0 radical (unpaired) electrons. The van der Waals surface area contributed by atoms with Crippen LogP contribution in [-0.4, -0.2) is 34.1 Å². The minimum absolute atomic E-state index is 0.0630. The lowest BCUT2D eigenvalue weighted by Gasteiger charge is -2.14. The number of nitrogens with one attached hydrogen (secondary N) is 1. The maximum Gasteiger partial charge on any atom is 0.325 e. The summed E-state index contributed by atoms with van der Waals surface area (Å²) in [6, 6.07) is 19.6. The lowest BCUT2D eigenvalue weighted by atomic mass is 9.96. The van der Waals surface area contributed by atoms with E-state index in [4.69, 9.17) is 10.2 Å². The minimum Gasteiger partial charge on any atom is -0.481 e. The van der Waals surface area contributed by atoms with Crippen molar-refractivity contribution in [2.45, 2.75) is 63.3 Å². The molecule has 5 atom stereocenters. The van der Waals surface area contributed by atoms with Crippen LogP contribution in [0.5, 0.6) is 0 Å². The Hall–Kier alpha value is -3.15. The van der Waals surface area contributed by atoms with E-state index in [0.29, 0.717) is 11.8 Å². The zero-order valence-corrected chi connectivity index (χ0v) is 19.0. The molecule has 176 valence electrons. The minimum atomic E-state index is -0.994. The van der Waals surface area contributed by atoms with Crippen LogP contribution >= 0.6 is 0 Å². The van der Waals surface area contributed by atoms with Gasteiger partial charge in [0.2, 0.25) is 5.91 Å². The molecule has 2 saturated carbocycles. The Morgan fingerprint density at radius 3 is 1.64 bits per heavy atom. The van der Waals surface area contributed by atoms with Gasteiger partial charge in [-0.15, -0.1) is 0 Å². The predicted molar refractivity (Wildman–Crippen MR) is 126 cm³/mol. The molecule has 6 heteroatoms. The molecular weight excluding hydrogens is 418 g/mol. The molecule has 1 amide bonds. The average Bonchev–Trinajstić information content (AvgIpc) is 3.51. The lowest BCUT2D eigenvalue weighted by Crippen LogP contribution is -2.41. The summed E-state index contributed by atoms with van der Waals surface area (Å²) in [6.07, 6.45) is 5.28. The second-order valence-corrected chi connectivity index (χ2v) is 9.14. The van der Waals surface area contributed by atoms with Crippen LogP contribution in [0.15, 0.2) is 60.7 Å². The van der Waals surface area contributed by atoms with Gasteiger partial charge in [0.05, 0.1) is 5.92 Å². The molecule has 2 aliphatic carbocycles. The van der Waals surface area contributed by atoms with Crippen LogP contribution in [0.1, 0.15) is 68.4 Å². The number of rotatable bonds is 6. The summed E-state index contributed by atoms with van der Waals surface area (Å²) in [4.78, 5) is 33.5. The molecule has 0 aliphatic heterocycles. The smallest absolute Gasteiger partial charge is 0.325 e. The number of carbonyl (C=O) groups is 3. The molecule has 2 aromatic rings. The molecule has 0 bridgehead atoms. The van der Waals surface area contributed by atoms with Gasteiger partial charge in [0.15, 0.2) is 0 Å². The van der Waals surface area contributed by atoms with Crippen LogP contribution in [0.4, 0.5) is 0 Å². The molecule has 0 heterocycles. The van der Waals surface area contributed by atoms with Crippen molar-refractivity contribution in [3.8, 4) is 0 Å². The van der Waals surface area contributed by atoms with Gasteiger partial charge in [-0.05, 0) is 68.4 Å². The van der Waals surface area contributed by atoms with E-state index in [0.717, 1.165) is 38.5 Å². The third-order valence-corrected chi connectivity index (χ3v) is 6.86. The van der Waals surface area contributed by atoms with Crippen molar-refractivity contribution in [2.75, 3.05) is 0 Å². The number of aliphatic carboxylic acids is 2. The predicted octanol–water partition coefficient (Wildman–Crippen LogP) is 4.81. The zero-order valence-electron chi connectivity index (χ0n) is 19.0. The Labute approximate surface area is 195 Å². The Morgan fingerprint density at radius 2 is 1.21 bits per heavy atom. The van der Waals surface area contributed by atoms with Gasteiger partial charge in [-0.25, -0.2) is 0 Å². The molecule has 0 saturated heterocycles. The highest BCUT2D eigenvalue weighted by Crippen LogP contribution is 2.39. The first-order chi connectivity index (χ1) is 15.8. The van der Waals surface area contributed by atoms with E-state index in [2.05, 4.69) is 29.6 Å². The fraction of sp³-hybridized carbons (Fsp3) is 0.444. The third kappa shape index (κ3) is 6.91. The summed E-state index contributed by atoms with van der Waals surface area (Å²) < 4.78 is 0. The van der Waals surface area contributed by atoms with Gasteiger partial charge in [-0.1, -0.05) is 60.7 Å². The summed E-state index contributed by atoms with van der Waals surface area (Å²) in [6.45, 7) is 1.49. The van der Waals surface area contributed by atoms with E-state index in [1.54, 1.807) is 0 Å². The van der Waals surface area contributed by atoms with Crippen LogP contribution < -0.4 is 5.32 Å². The van der Waals surface area contributed by atoms with Crippen LogP contribution in [0.3, 0.4) is 0 Å². The number of hydrogen-bond acceptors (Lipinski definition) is 3. The van der Waals surface area contributed by atoms with E-state index < -0.39 is 18.0 Å². The monoisotopic (exact) mass is 451 g/mol. The highest BCUT2D eigenvalue weighted by molar-refractivity contribution is 5.84. The highest BCUT2D eigenvalue weighted by atomic mass is 16.4. The van der Waals surface area contributed by atoms with E-state index in [9.17, 15) is 14.4 Å². The standard InChI is InChI=1S/C15H19NO3.C12H14O2/c1-10(15(18)19)16-14(17)13-8-7-12(9-13)11-5-3-2-4-6-11;13-12(14)11-7-6-10(8-11)9-4-2-1-3-5-9/h2-6,10,12-13H,7-9H2,1H3,(H,16,17)(H,18,19);1-5,10-11H,6-8H2,(H,13,14)/t10-,12+,13+;10-,11-/m01/s1. The fourth-order valence-electron chi connectivity index (χ4n) is 4.87. The molecule has 33 heavy (non-hydrogen) atoms. The quantitative estimate of drug-likeness (QED) is 0.584. The van der Waals surface area contributed by atoms with Crippen molar-refractivity contribution in [1.29, 1.82) is 0 Å². The zero-order chi connectivity index (χ0) is 23.8. The Balaban J connectivity index is 0.000000194. The van der Waals surface area contributed by atoms with Gasteiger partial charge in [0, 0.05) is 5.92 Å². The highest BCUT2D eigenvalue weighted by Gasteiger charge is 2.32. The summed E-state index contributed by atoms with van der Waals surface area (Å²) in [5.74, 6) is -1.08. The molecule has 3 N–H and O–H groups in total. The van der Waals surface area contributed by atoms with E-state index >= 15 is 0 Å². The fourth-order valence-corrected chi connectivity index (χ4v) is 4.87. The molecule has 4 rings (SSSR count). The molecule has 0 spiro atoms. The van der Waals surface area contributed by atoms with Gasteiger partial charge in [-0.3, -0.25) is 14.4 Å². The van der Waals surface area contributed by atoms with Crippen LogP contribution in [0.2, 0.25) is 0 Å². The molecule has 0 aromatic heterocycles. The van der Waals surface area contributed by atoms with Crippen molar-refractivity contribution >= 4 is 17.8 Å². The van der Waals surface area contributed by atoms with Gasteiger partial charge >= 0.3 is 11.9 Å². The van der Waals surface area contributed by atoms with Crippen molar-refractivity contribution in [3.05, 3.63) is 71.8 Å². The average molecular weight is 452 g/mol. The molecule has 0 unspecified atom stereocenters. The Kier molecular flexibility index (Phi) is 8.64. The number of carbonyl (C=O) groups excluding carboxylic acids is 1. The molecule has 2 fully saturated rings. The Morgan fingerprint density at radius 1 is 0.758 bits per heavy atom. The summed E-state index contributed by atoms with van der Waals surface area (Å²) in [5, 5.41) is 20.2. The van der Waals surface area contributed by atoms with Crippen LogP contribution in [0, 0.1) is 11.8 Å². The van der Waals surface area contributed by atoms with Crippen molar-refractivity contribution in [1.82, 2.24) is 5.32 Å². The first kappa shape index (κ1) is 24.5. The van der Waals surface area contributed by atoms with Crippen LogP contribution in [-0.2, 0) is 14.4 Å². The van der Waals surface area contributed by atoms with Crippen molar-refractivity contribution in [2.24, 2.45) is 11.8 Å². The normalized spacial score (nSPS) is 24.9. The molecule has 2 aromatic carbocycles. The van der Waals surface area contributed by atoms with Gasteiger partial charge in [0.1, 0.15) is 6.04 Å². The van der Waals surface area contributed by atoms with Gasteiger partial charge < -0.3 is 15.5 Å². The number of carboxylic acid groups (broad SMARTS) is 2. The lowest BCUT2D eigenvalue weighted by molar-refractivity contribution is -0.142. The first-order valence-corrected chi connectivity index (χ1v) is 11.7. The SMILES string of the molecule is C[C@H](NC(=O)[C@@H]1CC[C@@H](c2ccccc2)C1)C(=O)O.O=C(O)[C@@H]1CC[C@@H](c2ccccc2)C1. The Bertz CT molecular complexity index is 930. The van der Waals surface area contributed by atoms with Gasteiger partial charge in [-0.2, -0.15) is 0 Å². The maximum absolute atomic E-state index is 12.0. The number of benzene rings is 2. The largest absolute Gasteiger partial charge is 0.481 e. The third-order valence-electron chi connectivity index (χ3n) is 6.86. The maximum atomic E-state index is 12.0. The van der Waals surface area contributed by atoms with E-state index in [1.807, 2.05) is 36.4 Å². The second-order valence-electron chi connectivity index (χ2n) is 9.14. The summed E-state index contributed by atoms with van der Waals surface area (Å²) in [5.41, 5.74) is 2.56. The summed E-state index contributed by atoms with van der Waals surface area (Å²) in [7, 11) is 0. The molecule has 6 nitrogen and oxygen atoms in total. The van der Waals surface area contributed by atoms with Crippen molar-refractivity contribution in [3.63, 3.8) is 0 Å². The number of carboxylic acids is 2. The van der Waals surface area contributed by atoms with E-state index in [-0.39, 0.29) is 17.7 Å². The topological polar surface area (TPSA) is 104 Å². The van der Waals surface area contributed by atoms with Crippen LogP contribution in [0.25, 0.3) is 0 Å². The second kappa shape index (κ2) is 11.6.